The van der Waals surface area contributed by atoms with Gasteiger partial charge in [-0.05, 0) is 19.3 Å². The van der Waals surface area contributed by atoms with Gasteiger partial charge < -0.3 is 49.1 Å². The minimum Gasteiger partial charge on any atom is -0.481 e. The molecule has 0 bridgehead atoms. The predicted octanol–water partition coefficient (Wildman–Crippen LogP) is -4.42. The Kier molecular flexibility index (Phi) is 14.4. The number of rotatable bonds is 17. The lowest BCUT2D eigenvalue weighted by molar-refractivity contribution is -0.147. The van der Waals surface area contributed by atoms with Crippen molar-refractivity contribution in [2.75, 3.05) is 12.3 Å². The highest BCUT2D eigenvalue weighted by Crippen LogP contribution is 2.05. The zero-order chi connectivity index (χ0) is 27.1. The molecule has 4 unspecified atom stereocenters. The minimum atomic E-state index is -1.77. The Balaban J connectivity index is 5.66. The van der Waals surface area contributed by atoms with Crippen LogP contribution in [0.5, 0.6) is 0 Å². The maximum absolute atomic E-state index is 12.9. The summed E-state index contributed by atoms with van der Waals surface area (Å²) in [6.07, 6.45) is -1.33. The quantitative estimate of drug-likeness (QED) is 0.0377. The molecule has 4 atom stereocenters. The minimum absolute atomic E-state index is 0.0357. The van der Waals surface area contributed by atoms with E-state index in [0.717, 1.165) is 0 Å². The van der Waals surface area contributed by atoms with Crippen LogP contribution in [0.4, 0.5) is 0 Å². The van der Waals surface area contributed by atoms with E-state index in [-0.39, 0.29) is 43.9 Å². The highest BCUT2D eigenvalue weighted by Gasteiger charge is 2.31. The van der Waals surface area contributed by atoms with Gasteiger partial charge >= 0.3 is 11.9 Å². The molecule has 0 aromatic rings. The van der Waals surface area contributed by atoms with Crippen molar-refractivity contribution in [3.63, 3.8) is 0 Å². The first kappa shape index (κ1) is 31.4. The third kappa shape index (κ3) is 13.6. The van der Waals surface area contributed by atoms with Crippen LogP contribution in [-0.4, -0.2) is 88.2 Å². The maximum Gasteiger partial charge on any atom is 0.326 e. The molecule has 0 saturated carbocycles. The van der Waals surface area contributed by atoms with Crippen molar-refractivity contribution in [3.05, 3.63) is 0 Å². The number of amides is 4. The van der Waals surface area contributed by atoms with Crippen molar-refractivity contribution in [2.24, 2.45) is 27.9 Å². The average Bonchev–Trinajstić information content (AvgIpc) is 2.76. The Hall–Kier alpha value is -3.60. The molecule has 0 saturated heterocycles. The van der Waals surface area contributed by atoms with Crippen LogP contribution in [0.25, 0.3) is 0 Å². The molecule has 35 heavy (non-hydrogen) atoms. The van der Waals surface area contributed by atoms with Gasteiger partial charge in [-0.3, -0.25) is 29.0 Å². The van der Waals surface area contributed by atoms with Crippen LogP contribution < -0.4 is 38.9 Å². The van der Waals surface area contributed by atoms with E-state index in [1.807, 2.05) is 5.32 Å². The van der Waals surface area contributed by atoms with Crippen LogP contribution in [-0.2, 0) is 28.8 Å². The molecule has 0 aliphatic rings. The van der Waals surface area contributed by atoms with Gasteiger partial charge in [-0.25, -0.2) is 4.79 Å². The molecule has 16 nitrogen and oxygen atoms in total. The number of nitrogens with two attached hydrogens (primary N) is 4. The fraction of sp³-hybridized carbons (Fsp3) is 0.611. The fourth-order valence-electron chi connectivity index (χ4n) is 2.61. The van der Waals surface area contributed by atoms with Crippen LogP contribution in [0.2, 0.25) is 0 Å². The number of carboxylic acid groups (broad SMARTS) is 2. The molecule has 0 fully saturated rings. The second-order valence-electron chi connectivity index (χ2n) is 7.36. The zero-order valence-corrected chi connectivity index (χ0v) is 19.7. The van der Waals surface area contributed by atoms with E-state index in [1.165, 1.54) is 0 Å². The number of nitrogens with zero attached hydrogens (tertiary/aromatic N) is 1. The Labute approximate surface area is 206 Å². The molecule has 17 heteroatoms. The van der Waals surface area contributed by atoms with Gasteiger partial charge in [0.1, 0.15) is 18.1 Å². The van der Waals surface area contributed by atoms with E-state index < -0.39 is 66.2 Å². The largest absolute Gasteiger partial charge is 0.481 e. The lowest BCUT2D eigenvalue weighted by Gasteiger charge is -2.24. The summed E-state index contributed by atoms with van der Waals surface area (Å²) in [7, 11) is 0. The number of guanidine groups is 1. The van der Waals surface area contributed by atoms with Crippen LogP contribution in [0.15, 0.2) is 4.99 Å². The number of carbonyl (C=O) groups is 6. The Bertz CT molecular complexity index is 820. The fourth-order valence-corrected chi connectivity index (χ4v) is 2.77. The topological polar surface area (TPSA) is 295 Å². The average molecular weight is 521 g/mol. The number of primary amides is 1. The Morgan fingerprint density at radius 1 is 0.829 bits per heavy atom. The second-order valence-corrected chi connectivity index (χ2v) is 7.73. The highest BCUT2D eigenvalue weighted by atomic mass is 32.1. The van der Waals surface area contributed by atoms with Crippen molar-refractivity contribution in [1.82, 2.24) is 16.0 Å². The summed E-state index contributed by atoms with van der Waals surface area (Å²) in [4.78, 5) is 74.8. The number of thiol groups is 1. The molecule has 0 spiro atoms. The van der Waals surface area contributed by atoms with E-state index >= 15 is 0 Å². The molecule has 0 aromatic carbocycles. The van der Waals surface area contributed by atoms with Crippen molar-refractivity contribution < 1.29 is 39.0 Å². The molecule has 0 heterocycles. The Morgan fingerprint density at radius 3 is 1.80 bits per heavy atom. The summed E-state index contributed by atoms with van der Waals surface area (Å²) in [5.74, 6) is -6.70. The summed E-state index contributed by atoms with van der Waals surface area (Å²) < 4.78 is 0. The van der Waals surface area contributed by atoms with Crippen molar-refractivity contribution >= 4 is 54.2 Å². The number of carbonyl (C=O) groups excluding carboxylic acids is 4. The van der Waals surface area contributed by atoms with Crippen LogP contribution in [0, 0.1) is 0 Å². The molecular weight excluding hydrogens is 488 g/mol. The van der Waals surface area contributed by atoms with E-state index in [0.29, 0.717) is 0 Å². The monoisotopic (exact) mass is 520 g/mol. The summed E-state index contributed by atoms with van der Waals surface area (Å²) in [6.45, 7) is 0.0676. The van der Waals surface area contributed by atoms with Crippen LogP contribution in [0.3, 0.4) is 0 Å². The third-order valence-electron chi connectivity index (χ3n) is 4.42. The summed E-state index contributed by atoms with van der Waals surface area (Å²) in [5.41, 5.74) is 21.2. The molecular formula is C18H32N8O8S. The molecule has 0 aromatic heterocycles. The third-order valence-corrected chi connectivity index (χ3v) is 4.81. The second kappa shape index (κ2) is 16.1. The normalized spacial score (nSPS) is 13.9. The number of nitrogens with one attached hydrogen (secondary N) is 3. The van der Waals surface area contributed by atoms with E-state index in [2.05, 4.69) is 28.3 Å². The number of carboxylic acids is 2. The van der Waals surface area contributed by atoms with Crippen molar-refractivity contribution in [3.8, 4) is 0 Å². The van der Waals surface area contributed by atoms with Crippen molar-refractivity contribution in [1.29, 1.82) is 0 Å². The van der Waals surface area contributed by atoms with Crippen molar-refractivity contribution in [2.45, 2.75) is 56.3 Å². The van der Waals surface area contributed by atoms with E-state index in [9.17, 15) is 33.9 Å². The van der Waals surface area contributed by atoms with E-state index in [4.69, 9.17) is 28.0 Å². The molecule has 0 aliphatic carbocycles. The van der Waals surface area contributed by atoms with Gasteiger partial charge in [-0.2, -0.15) is 12.6 Å². The molecule has 13 N–H and O–H groups in total. The van der Waals surface area contributed by atoms with Gasteiger partial charge in [0.15, 0.2) is 5.96 Å². The first-order chi connectivity index (χ1) is 16.3. The zero-order valence-electron chi connectivity index (χ0n) is 18.8. The number of hydrogen-bond acceptors (Lipinski definition) is 9. The number of aliphatic carboxylic acids is 2. The summed E-state index contributed by atoms with van der Waals surface area (Å²) in [5, 5.41) is 24.8. The van der Waals surface area contributed by atoms with Gasteiger partial charge in [0.2, 0.25) is 23.6 Å². The molecule has 198 valence electrons. The molecule has 0 radical (unpaired) electrons. The number of aliphatic imine (C=N–C) groups is 1. The van der Waals surface area contributed by atoms with Gasteiger partial charge in [0, 0.05) is 18.7 Å². The number of hydrogen-bond donors (Lipinski definition) is 10. The smallest absolute Gasteiger partial charge is 0.326 e. The standard InChI is InChI=1S/C18H32N8O8S/c19-8(7-35)14(30)24-10(3-4-12(20)27)16(32)25-9(2-1-5-23-18(21)22)15(31)26-11(17(33)34)6-13(28)29/h8-11,35H,1-7,19H2,(H2,20,27)(H,24,30)(H,25,32)(H,26,31)(H,28,29)(H,33,34)(H4,21,22,23). The predicted molar refractivity (Wildman–Crippen MR) is 126 cm³/mol. The van der Waals surface area contributed by atoms with Gasteiger partial charge in [0.25, 0.3) is 0 Å². The van der Waals surface area contributed by atoms with Gasteiger partial charge in [-0.1, -0.05) is 0 Å². The molecule has 4 amide bonds. The van der Waals surface area contributed by atoms with Crippen LogP contribution >= 0.6 is 12.6 Å². The van der Waals surface area contributed by atoms with Gasteiger partial charge in [0.05, 0.1) is 12.5 Å². The SMILES string of the molecule is NC(=O)CCC(NC(=O)C(N)CS)C(=O)NC(CCCN=C(N)N)C(=O)NC(CC(=O)O)C(=O)O. The molecule has 0 aliphatic heterocycles. The lowest BCUT2D eigenvalue weighted by atomic mass is 10.1. The highest BCUT2D eigenvalue weighted by molar-refractivity contribution is 7.80. The lowest BCUT2D eigenvalue weighted by Crippen LogP contribution is -2.57. The first-order valence-electron chi connectivity index (χ1n) is 10.3. The summed E-state index contributed by atoms with van der Waals surface area (Å²) >= 11 is 3.90. The first-order valence-corrected chi connectivity index (χ1v) is 11.0. The van der Waals surface area contributed by atoms with Gasteiger partial charge in [-0.15, -0.1) is 0 Å². The molecule has 0 rings (SSSR count). The Morgan fingerprint density at radius 2 is 1.34 bits per heavy atom. The van der Waals surface area contributed by atoms with Crippen LogP contribution in [0.1, 0.15) is 32.1 Å². The summed E-state index contributed by atoms with van der Waals surface area (Å²) in [6, 6.07) is -5.51. The van der Waals surface area contributed by atoms with E-state index in [1.54, 1.807) is 0 Å². The maximum atomic E-state index is 12.9.